The van der Waals surface area contributed by atoms with Gasteiger partial charge in [-0.25, -0.2) is 4.79 Å². The maximum Gasteiger partial charge on any atom is 0.413 e. The van der Waals surface area contributed by atoms with Crippen LogP contribution in [0.2, 0.25) is 0 Å². The number of rotatable bonds is 12. The number of ether oxygens (including phenoxy) is 1. The molecule has 3 aromatic carbocycles. The van der Waals surface area contributed by atoms with Gasteiger partial charge in [-0.3, -0.25) is 14.4 Å². The van der Waals surface area contributed by atoms with E-state index in [1.54, 1.807) is 18.2 Å². The summed E-state index contributed by atoms with van der Waals surface area (Å²) < 4.78 is 45.6. The number of carbonyl (C=O) groups is 4. The van der Waals surface area contributed by atoms with Crippen LogP contribution in [0.3, 0.4) is 0 Å². The van der Waals surface area contributed by atoms with Gasteiger partial charge in [-0.15, -0.1) is 0 Å². The summed E-state index contributed by atoms with van der Waals surface area (Å²) in [5.74, 6) is -1.17. The van der Waals surface area contributed by atoms with Gasteiger partial charge in [-0.1, -0.05) is 36.4 Å². The van der Waals surface area contributed by atoms with Gasteiger partial charge in [0, 0.05) is 54.1 Å². The van der Waals surface area contributed by atoms with E-state index in [1.165, 1.54) is 0 Å². The molecule has 0 aromatic heterocycles. The number of allylic oxidation sites excluding steroid dienone is 1. The Morgan fingerprint density at radius 3 is 2.22 bits per heavy atom. The Hall–Kier alpha value is -4.97. The van der Waals surface area contributed by atoms with Crippen molar-refractivity contribution in [1.82, 2.24) is 15.5 Å². The Morgan fingerprint density at radius 1 is 0.881 bits per heavy atom. The molecule has 1 atom stereocenters. The second-order valence-corrected chi connectivity index (χ2v) is 17.7. The third kappa shape index (κ3) is 12.1. The molecule has 3 aromatic rings. The number of Topliss-reactive ketones (excluding diaryl/α,β-unsaturated/α-hetero) is 1. The van der Waals surface area contributed by atoms with E-state index in [0.717, 1.165) is 67.1 Å². The fourth-order valence-corrected chi connectivity index (χ4v) is 8.39. The van der Waals surface area contributed by atoms with Crippen LogP contribution in [0.5, 0.6) is 0 Å². The minimum absolute atomic E-state index is 0.00241. The number of likely N-dealkylation sites (tertiary alicyclic amines) is 1. The highest BCUT2D eigenvalue weighted by molar-refractivity contribution is 5.97. The van der Waals surface area contributed by atoms with Gasteiger partial charge in [-0.05, 0) is 162 Å². The molecular weight excluding hydrogens is 758 g/mol. The number of hydrogen-bond donors (Lipinski definition) is 3. The van der Waals surface area contributed by atoms with E-state index >= 15 is 0 Å². The molecule has 1 saturated carbocycles. The Balaban J connectivity index is 1.12. The van der Waals surface area contributed by atoms with Crippen LogP contribution in [0, 0.1) is 24.7 Å². The van der Waals surface area contributed by atoms with Crippen LogP contribution in [0.4, 0.5) is 23.7 Å². The van der Waals surface area contributed by atoms with Crippen LogP contribution in [-0.4, -0.2) is 73.1 Å². The number of anilines is 1. The molecule has 2 aliphatic carbocycles. The van der Waals surface area contributed by atoms with Crippen LogP contribution in [0.1, 0.15) is 98.3 Å². The highest BCUT2D eigenvalue weighted by atomic mass is 19.4. The number of carbonyl (C=O) groups excluding carboxylic acids is 4. The van der Waals surface area contributed by atoms with Gasteiger partial charge in [0.1, 0.15) is 11.4 Å². The molecule has 6 rings (SSSR count). The molecule has 1 aliphatic heterocycles. The molecule has 1 heterocycles. The summed E-state index contributed by atoms with van der Waals surface area (Å²) >= 11 is 0. The second-order valence-electron chi connectivity index (χ2n) is 17.7. The molecule has 0 bridgehead atoms. The molecule has 0 radical (unpaired) electrons. The second kappa shape index (κ2) is 18.5. The first-order chi connectivity index (χ1) is 27.9. The van der Waals surface area contributed by atoms with Crippen molar-refractivity contribution in [2.45, 2.75) is 103 Å². The van der Waals surface area contributed by atoms with Gasteiger partial charge in [-0.2, -0.15) is 13.2 Å². The monoisotopic (exact) mass is 814 g/mol. The van der Waals surface area contributed by atoms with Crippen molar-refractivity contribution < 1.29 is 37.1 Å². The number of benzene rings is 3. The van der Waals surface area contributed by atoms with E-state index in [-0.39, 0.29) is 54.7 Å². The van der Waals surface area contributed by atoms with Gasteiger partial charge in [0.15, 0.2) is 0 Å². The van der Waals surface area contributed by atoms with Crippen LogP contribution >= 0.6 is 0 Å². The summed E-state index contributed by atoms with van der Waals surface area (Å²) in [6.07, 6.45) is 0.995. The largest absolute Gasteiger partial charge is 0.444 e. The van der Waals surface area contributed by atoms with Gasteiger partial charge < -0.3 is 25.6 Å². The van der Waals surface area contributed by atoms with E-state index in [9.17, 15) is 32.3 Å². The number of nitrogens with one attached hydrogen (secondary N) is 3. The van der Waals surface area contributed by atoms with Crippen LogP contribution < -0.4 is 16.0 Å². The molecule has 9 nitrogen and oxygen atoms in total. The number of alkyl halides is 3. The number of aryl methyl sites for hydroxylation is 1. The number of hydrogen-bond acceptors (Lipinski definition) is 6. The first-order valence-corrected chi connectivity index (χ1v) is 20.8. The molecule has 2 fully saturated rings. The average Bonchev–Trinajstić information content (AvgIpc) is 3.62. The van der Waals surface area contributed by atoms with Gasteiger partial charge >= 0.3 is 12.3 Å². The fourth-order valence-electron chi connectivity index (χ4n) is 8.39. The van der Waals surface area contributed by atoms with Crippen LogP contribution in [0.25, 0.3) is 17.2 Å². The van der Waals surface area contributed by atoms with Gasteiger partial charge in [0.2, 0.25) is 5.91 Å². The maximum absolute atomic E-state index is 14.0. The lowest BCUT2D eigenvalue weighted by molar-refractivity contribution is -0.129. The molecule has 3 aliphatic rings. The summed E-state index contributed by atoms with van der Waals surface area (Å²) in [6, 6.07) is 18.5. The summed E-state index contributed by atoms with van der Waals surface area (Å²) in [5, 5.41) is 8.92. The predicted molar refractivity (Wildman–Crippen MR) is 224 cm³/mol. The first-order valence-electron chi connectivity index (χ1n) is 20.8. The topological polar surface area (TPSA) is 117 Å². The maximum atomic E-state index is 14.0. The summed E-state index contributed by atoms with van der Waals surface area (Å²) in [5.41, 5.74) is 4.47. The minimum Gasteiger partial charge on any atom is -0.444 e. The van der Waals surface area contributed by atoms with Crippen molar-refractivity contribution in [3.63, 3.8) is 0 Å². The van der Waals surface area contributed by atoms with E-state index in [2.05, 4.69) is 27.9 Å². The lowest BCUT2D eigenvalue weighted by Gasteiger charge is -2.29. The molecule has 316 valence electrons. The molecule has 59 heavy (non-hydrogen) atoms. The Bertz CT molecular complexity index is 2040. The fraction of sp³-hybridized carbons (Fsp3) is 0.489. The lowest BCUT2D eigenvalue weighted by Crippen LogP contribution is -2.43. The standard InChI is InChI=1S/C47H57F3N4O5/c1-29-22-35(43(56)52-39-18-20-54(5)21-19-39)15-17-41(29)32-10-6-30(7-11-32)23-37(44(57)53-40-16-14-34-24-38(47(48,49)50)25-36(34)26-40)27-42(55)33-12-8-31(9-13-33)28-51-45(58)59-46(2,3)4/h6-7,10-11,14-17,22,25-26,31,33,37,39H,8-9,12-13,18-21,23-24,27-28H2,1-5H3,(H,51,58)(H,52,56)(H,53,57)/t31?,33?,37-/m1/s1. The zero-order valence-electron chi connectivity index (χ0n) is 34.8. The van der Waals surface area contributed by atoms with Gasteiger partial charge in [0.25, 0.3) is 5.91 Å². The molecule has 0 spiro atoms. The number of nitrogens with zero attached hydrogens (tertiary/aromatic N) is 1. The number of halogens is 3. The lowest BCUT2D eigenvalue weighted by atomic mass is 9.77. The van der Waals surface area contributed by atoms with Crippen molar-refractivity contribution in [1.29, 1.82) is 0 Å². The zero-order chi connectivity index (χ0) is 42.5. The highest BCUT2D eigenvalue weighted by Crippen LogP contribution is 2.37. The highest BCUT2D eigenvalue weighted by Gasteiger charge is 2.36. The van der Waals surface area contributed by atoms with E-state index < -0.39 is 29.4 Å². The molecular formula is C47H57F3N4O5. The van der Waals surface area contributed by atoms with E-state index in [0.29, 0.717) is 41.8 Å². The molecule has 0 unspecified atom stereocenters. The minimum atomic E-state index is -4.43. The molecule has 3 amide bonds. The van der Waals surface area contributed by atoms with Crippen LogP contribution in [0.15, 0.2) is 66.2 Å². The Labute approximate surface area is 345 Å². The summed E-state index contributed by atoms with van der Waals surface area (Å²) in [4.78, 5) is 55.3. The van der Waals surface area contributed by atoms with Crippen molar-refractivity contribution in [3.8, 4) is 11.1 Å². The smallest absolute Gasteiger partial charge is 0.413 e. The first kappa shape index (κ1) is 43.6. The number of piperidine rings is 1. The van der Waals surface area contributed by atoms with E-state index in [4.69, 9.17) is 4.74 Å². The SMILES string of the molecule is Cc1cc(C(=O)NC2CCN(C)CC2)ccc1-c1ccc(C[C@H](CC(=O)C2CCC(CNC(=O)OC(C)(C)C)CC2)C(=O)Nc2ccc3c(c2)C=C(C(F)(F)F)C3)cc1. The molecule has 12 heteroatoms. The third-order valence-electron chi connectivity index (χ3n) is 11.8. The van der Waals surface area contributed by atoms with Crippen molar-refractivity contribution in [2.75, 3.05) is 32.0 Å². The quantitative estimate of drug-likeness (QED) is 0.168. The Morgan fingerprint density at radius 2 is 1.58 bits per heavy atom. The zero-order valence-corrected chi connectivity index (χ0v) is 34.8. The average molecular weight is 815 g/mol. The summed E-state index contributed by atoms with van der Waals surface area (Å²) in [6.45, 7) is 9.79. The number of ketones is 1. The third-order valence-corrected chi connectivity index (χ3v) is 11.8. The predicted octanol–water partition coefficient (Wildman–Crippen LogP) is 9.08. The van der Waals surface area contributed by atoms with Crippen molar-refractivity contribution >= 4 is 35.5 Å². The van der Waals surface area contributed by atoms with E-state index in [1.807, 2.05) is 70.2 Å². The molecule has 3 N–H and O–H groups in total. The normalized spacial score (nSPS) is 19.3. The Kier molecular flexibility index (Phi) is 13.7. The number of amides is 3. The van der Waals surface area contributed by atoms with Gasteiger partial charge in [0.05, 0.1) is 0 Å². The van der Waals surface area contributed by atoms with Crippen LogP contribution in [-0.2, 0) is 27.2 Å². The summed E-state index contributed by atoms with van der Waals surface area (Å²) in [7, 11) is 2.09. The molecule has 1 saturated heterocycles. The number of alkyl carbamates (subject to hydrolysis) is 1. The number of fused-ring (bicyclic) bond motifs is 1. The van der Waals surface area contributed by atoms with Crippen molar-refractivity contribution in [3.05, 3.63) is 94.1 Å². The van der Waals surface area contributed by atoms with Crippen molar-refractivity contribution in [2.24, 2.45) is 17.8 Å².